The van der Waals surface area contributed by atoms with Crippen molar-refractivity contribution in [3.63, 3.8) is 0 Å². The van der Waals surface area contributed by atoms with E-state index in [9.17, 15) is 22.8 Å². The molecular weight excluding hydrogens is 505 g/mol. The molecule has 1 aliphatic rings. The van der Waals surface area contributed by atoms with Crippen LogP contribution in [0.3, 0.4) is 0 Å². The molecule has 10 heteroatoms. The van der Waals surface area contributed by atoms with Crippen LogP contribution >= 0.6 is 11.6 Å². The monoisotopic (exact) mass is 524 g/mol. The lowest BCUT2D eigenvalue weighted by Crippen LogP contribution is -2.29. The summed E-state index contributed by atoms with van der Waals surface area (Å²) in [5, 5.41) is 5.58. The molecule has 0 aliphatic carbocycles. The SMILES string of the molecule is CC(F)(F)C(=O)N=CC1CC(=O)N(c2ccc3c(cnn3-c3ccc(F)cc3)c2)[C@@H]1c1cccc(Cl)c1. The Balaban J connectivity index is 1.55. The van der Waals surface area contributed by atoms with Crippen LogP contribution in [0.1, 0.15) is 24.9 Å². The predicted octanol–water partition coefficient (Wildman–Crippen LogP) is 6.16. The molecule has 0 radical (unpaired) electrons. The second-order valence-corrected chi connectivity index (χ2v) is 9.32. The minimum absolute atomic E-state index is 0.0316. The summed E-state index contributed by atoms with van der Waals surface area (Å²) in [5.74, 6) is -6.44. The quantitative estimate of drug-likeness (QED) is 0.293. The highest BCUT2D eigenvalue weighted by atomic mass is 35.5. The fourth-order valence-corrected chi connectivity index (χ4v) is 4.72. The van der Waals surface area contributed by atoms with Crippen LogP contribution in [0.5, 0.6) is 0 Å². The number of aliphatic imine (C=N–C) groups is 1. The molecule has 1 aliphatic heterocycles. The number of carbonyl (C=O) groups excluding carboxylic acids is 2. The van der Waals surface area contributed by atoms with E-state index in [2.05, 4.69) is 10.1 Å². The molecule has 4 aromatic rings. The molecule has 1 unspecified atom stereocenters. The Bertz CT molecular complexity index is 1530. The fourth-order valence-electron chi connectivity index (χ4n) is 4.52. The smallest absolute Gasteiger partial charge is 0.304 e. The number of carbonyl (C=O) groups is 2. The largest absolute Gasteiger partial charge is 0.324 e. The van der Waals surface area contributed by atoms with Crippen LogP contribution in [-0.4, -0.2) is 33.7 Å². The summed E-state index contributed by atoms with van der Waals surface area (Å²) in [5.41, 5.74) is 2.65. The number of alkyl halides is 2. The first-order valence-electron chi connectivity index (χ1n) is 11.4. The van der Waals surface area contributed by atoms with Gasteiger partial charge in [-0.25, -0.2) is 14.1 Å². The van der Waals surface area contributed by atoms with E-state index in [0.717, 1.165) is 17.1 Å². The van der Waals surface area contributed by atoms with Crippen LogP contribution in [0.2, 0.25) is 5.02 Å². The van der Waals surface area contributed by atoms with Gasteiger partial charge in [0, 0.05) is 41.6 Å². The van der Waals surface area contributed by atoms with Crippen LogP contribution in [-0.2, 0) is 9.59 Å². The highest BCUT2D eigenvalue weighted by molar-refractivity contribution is 6.30. The standard InChI is InChI=1S/C27H20ClF3N4O2/c1-27(30,31)26(37)32-14-18-13-24(36)34(25(18)16-3-2-4-19(28)11-16)22-9-10-23-17(12-22)15-33-35(23)21-7-5-20(29)6-8-21/h2-12,14-15,18,25H,13H2,1H3/t18?,25-/m1/s1. The van der Waals surface area contributed by atoms with E-state index >= 15 is 0 Å². The van der Waals surface area contributed by atoms with Crippen molar-refractivity contribution in [3.8, 4) is 5.69 Å². The van der Waals surface area contributed by atoms with Crippen molar-refractivity contribution in [3.05, 3.63) is 89.3 Å². The van der Waals surface area contributed by atoms with Crippen LogP contribution in [0.15, 0.2) is 77.9 Å². The Kier molecular flexibility index (Phi) is 6.33. The number of anilines is 1. The maximum Gasteiger partial charge on any atom is 0.324 e. The van der Waals surface area contributed by atoms with Gasteiger partial charge in [-0.3, -0.25) is 9.59 Å². The van der Waals surface area contributed by atoms with Crippen LogP contribution in [0, 0.1) is 11.7 Å². The average molecular weight is 525 g/mol. The molecule has 0 bridgehead atoms. The maximum atomic E-state index is 13.4. The molecule has 37 heavy (non-hydrogen) atoms. The molecule has 5 rings (SSSR count). The summed E-state index contributed by atoms with van der Waals surface area (Å²) < 4.78 is 41.8. The number of hydrogen-bond donors (Lipinski definition) is 0. The Morgan fingerprint density at radius 1 is 1.11 bits per heavy atom. The number of hydrogen-bond acceptors (Lipinski definition) is 3. The van der Waals surface area contributed by atoms with E-state index in [0.29, 0.717) is 28.9 Å². The first-order chi connectivity index (χ1) is 17.6. The number of benzene rings is 3. The number of rotatable bonds is 5. The number of aromatic nitrogens is 2. The van der Waals surface area contributed by atoms with Gasteiger partial charge in [0.1, 0.15) is 5.82 Å². The normalized spacial score (nSPS) is 18.3. The Labute approximate surface area is 215 Å². The second kappa shape index (κ2) is 9.48. The lowest BCUT2D eigenvalue weighted by atomic mass is 9.94. The molecular formula is C27H20ClF3N4O2. The summed E-state index contributed by atoms with van der Waals surface area (Å²) in [4.78, 5) is 30.0. The molecule has 3 aromatic carbocycles. The van der Waals surface area contributed by atoms with Gasteiger partial charge >= 0.3 is 11.8 Å². The lowest BCUT2D eigenvalue weighted by Gasteiger charge is -2.28. The van der Waals surface area contributed by atoms with Crippen molar-refractivity contribution >= 4 is 46.2 Å². The van der Waals surface area contributed by atoms with Gasteiger partial charge in [-0.2, -0.15) is 13.9 Å². The van der Waals surface area contributed by atoms with Crippen molar-refractivity contribution in [2.24, 2.45) is 10.9 Å². The molecule has 1 aromatic heterocycles. The van der Waals surface area contributed by atoms with Crippen molar-refractivity contribution in [2.45, 2.75) is 25.3 Å². The van der Waals surface area contributed by atoms with Gasteiger partial charge in [0.15, 0.2) is 0 Å². The van der Waals surface area contributed by atoms with Crippen molar-refractivity contribution in [1.82, 2.24) is 9.78 Å². The van der Waals surface area contributed by atoms with Gasteiger partial charge in [0.05, 0.1) is 23.4 Å². The second-order valence-electron chi connectivity index (χ2n) is 8.88. The van der Waals surface area contributed by atoms with Crippen LogP contribution in [0.25, 0.3) is 16.6 Å². The molecule has 188 valence electrons. The Hall–Kier alpha value is -3.98. The average Bonchev–Trinajstić information content (AvgIpc) is 3.42. The number of amides is 2. The molecule has 0 saturated carbocycles. The van der Waals surface area contributed by atoms with Gasteiger partial charge in [-0.1, -0.05) is 23.7 Å². The van der Waals surface area contributed by atoms with Crippen molar-refractivity contribution < 1.29 is 22.8 Å². The summed E-state index contributed by atoms with van der Waals surface area (Å²) in [6, 6.07) is 17.5. The highest BCUT2D eigenvalue weighted by Gasteiger charge is 2.42. The molecule has 0 N–H and O–H groups in total. The maximum absolute atomic E-state index is 13.4. The van der Waals surface area contributed by atoms with Gasteiger partial charge in [-0.05, 0) is 60.2 Å². The van der Waals surface area contributed by atoms with E-state index in [1.165, 1.54) is 12.1 Å². The zero-order valence-electron chi connectivity index (χ0n) is 19.5. The van der Waals surface area contributed by atoms with E-state index in [1.54, 1.807) is 70.4 Å². The third kappa shape index (κ3) is 4.86. The van der Waals surface area contributed by atoms with E-state index in [4.69, 9.17) is 11.6 Å². The first kappa shape index (κ1) is 24.7. The Morgan fingerprint density at radius 3 is 2.54 bits per heavy atom. The molecule has 0 spiro atoms. The van der Waals surface area contributed by atoms with Gasteiger partial charge < -0.3 is 4.90 Å². The number of halogens is 4. The Morgan fingerprint density at radius 2 is 1.84 bits per heavy atom. The summed E-state index contributed by atoms with van der Waals surface area (Å²) in [6.45, 7) is 0.481. The fraction of sp³-hybridized carbons (Fsp3) is 0.185. The minimum atomic E-state index is -3.61. The molecule has 2 atom stereocenters. The van der Waals surface area contributed by atoms with E-state index in [1.807, 2.05) is 0 Å². The topological polar surface area (TPSA) is 67.6 Å². The third-order valence-electron chi connectivity index (χ3n) is 6.21. The van der Waals surface area contributed by atoms with E-state index < -0.39 is 23.8 Å². The zero-order chi connectivity index (χ0) is 26.3. The minimum Gasteiger partial charge on any atom is -0.304 e. The molecule has 2 amide bonds. The number of fused-ring (bicyclic) bond motifs is 1. The first-order valence-corrected chi connectivity index (χ1v) is 11.8. The van der Waals surface area contributed by atoms with E-state index in [-0.39, 0.29) is 18.1 Å². The molecule has 1 fully saturated rings. The summed E-state index contributed by atoms with van der Waals surface area (Å²) in [6.07, 6.45) is 2.74. The van der Waals surface area contributed by atoms with Crippen LogP contribution < -0.4 is 4.90 Å². The van der Waals surface area contributed by atoms with Gasteiger partial charge in [0.2, 0.25) is 5.91 Å². The molecule has 1 saturated heterocycles. The lowest BCUT2D eigenvalue weighted by molar-refractivity contribution is -0.139. The molecule has 2 heterocycles. The predicted molar refractivity (Wildman–Crippen MR) is 135 cm³/mol. The zero-order valence-corrected chi connectivity index (χ0v) is 20.2. The number of nitrogens with zero attached hydrogens (tertiary/aromatic N) is 4. The summed E-state index contributed by atoms with van der Waals surface area (Å²) >= 11 is 6.21. The van der Waals surface area contributed by atoms with Crippen molar-refractivity contribution in [2.75, 3.05) is 4.90 Å². The summed E-state index contributed by atoms with van der Waals surface area (Å²) in [7, 11) is 0. The van der Waals surface area contributed by atoms with Crippen molar-refractivity contribution in [1.29, 1.82) is 0 Å². The van der Waals surface area contributed by atoms with Gasteiger partial charge in [-0.15, -0.1) is 0 Å². The highest BCUT2D eigenvalue weighted by Crippen LogP contribution is 2.42. The molecule has 6 nitrogen and oxygen atoms in total. The van der Waals surface area contributed by atoms with Gasteiger partial charge in [0.25, 0.3) is 0 Å². The van der Waals surface area contributed by atoms with Crippen LogP contribution in [0.4, 0.5) is 18.9 Å². The third-order valence-corrected chi connectivity index (χ3v) is 6.45.